The first kappa shape index (κ1) is 13.4. The lowest BCUT2D eigenvalue weighted by atomic mass is 9.96. The van der Waals surface area contributed by atoms with Crippen LogP contribution in [0.4, 0.5) is 10.5 Å². The topological polar surface area (TPSA) is 55.3 Å². The van der Waals surface area contributed by atoms with E-state index in [0.717, 1.165) is 30.6 Å². The average Bonchev–Trinajstić information content (AvgIpc) is 3.25. The van der Waals surface area contributed by atoms with Gasteiger partial charge >= 0.3 is 6.03 Å². The van der Waals surface area contributed by atoms with Gasteiger partial charge in [-0.3, -0.25) is 0 Å². The number of aromatic nitrogens is 1. The van der Waals surface area contributed by atoms with Crippen molar-refractivity contribution in [3.05, 3.63) is 48.8 Å². The molecule has 5 heteroatoms. The summed E-state index contributed by atoms with van der Waals surface area (Å²) in [7, 11) is 0. The number of rotatable bonds is 3. The van der Waals surface area contributed by atoms with Gasteiger partial charge in [0.15, 0.2) is 0 Å². The second kappa shape index (κ2) is 5.50. The normalized spacial score (nSPS) is 26.1. The van der Waals surface area contributed by atoms with Crippen molar-refractivity contribution >= 4 is 11.7 Å². The molecule has 1 aromatic carbocycles. The smallest absolute Gasteiger partial charge is 0.319 e. The van der Waals surface area contributed by atoms with Gasteiger partial charge in [-0.05, 0) is 49.6 Å². The Hall–Kier alpha value is -2.27. The number of carbonyl (C=O) groups excluding carboxylic acids is 1. The maximum Gasteiger partial charge on any atom is 0.319 e. The number of urea groups is 1. The molecule has 0 saturated carbocycles. The van der Waals surface area contributed by atoms with E-state index in [4.69, 9.17) is 4.74 Å². The molecule has 0 radical (unpaired) electrons. The van der Waals surface area contributed by atoms with Gasteiger partial charge in [0.25, 0.3) is 0 Å². The Kier molecular flexibility index (Phi) is 3.35. The van der Waals surface area contributed by atoms with Crippen LogP contribution >= 0.6 is 0 Å². The van der Waals surface area contributed by atoms with Crippen LogP contribution in [0, 0.1) is 0 Å². The molecule has 2 aliphatic heterocycles. The largest absolute Gasteiger partial charge is 0.373 e. The fraction of sp³-hybridized carbons (Fsp3) is 0.353. The Morgan fingerprint density at radius 2 is 2.05 bits per heavy atom. The minimum absolute atomic E-state index is 0.145. The van der Waals surface area contributed by atoms with Crippen LogP contribution in [-0.4, -0.2) is 28.8 Å². The first-order chi connectivity index (χ1) is 10.8. The van der Waals surface area contributed by atoms with E-state index in [0.29, 0.717) is 6.10 Å². The molecular weight excluding hydrogens is 278 g/mol. The van der Waals surface area contributed by atoms with Crippen LogP contribution in [0.5, 0.6) is 0 Å². The van der Waals surface area contributed by atoms with E-state index in [1.807, 2.05) is 53.4 Å². The third-order valence-corrected chi connectivity index (χ3v) is 4.43. The van der Waals surface area contributed by atoms with Crippen LogP contribution in [0.3, 0.4) is 0 Å². The van der Waals surface area contributed by atoms with Crippen molar-refractivity contribution in [2.24, 2.45) is 0 Å². The second-order valence-electron chi connectivity index (χ2n) is 5.96. The molecule has 2 bridgehead atoms. The monoisotopic (exact) mass is 297 g/mol. The van der Waals surface area contributed by atoms with Crippen LogP contribution in [0.1, 0.15) is 19.3 Å². The van der Waals surface area contributed by atoms with Gasteiger partial charge in [0.1, 0.15) is 0 Å². The van der Waals surface area contributed by atoms with E-state index in [1.54, 1.807) is 0 Å². The minimum Gasteiger partial charge on any atom is -0.373 e. The number of fused-ring (bicyclic) bond motifs is 2. The summed E-state index contributed by atoms with van der Waals surface area (Å²) in [6.07, 6.45) is 7.61. The number of nitrogens with one attached hydrogen (secondary N) is 2. The molecule has 0 spiro atoms. The number of nitrogens with zero attached hydrogens (tertiary/aromatic N) is 1. The highest BCUT2D eigenvalue weighted by Gasteiger charge is 2.41. The Morgan fingerprint density at radius 3 is 2.77 bits per heavy atom. The molecular formula is C17H19N3O2. The number of hydrogen-bond donors (Lipinski definition) is 2. The maximum atomic E-state index is 12.2. The van der Waals surface area contributed by atoms with Crippen LogP contribution in [-0.2, 0) is 4.74 Å². The molecule has 4 rings (SSSR count). The van der Waals surface area contributed by atoms with Crippen LogP contribution in [0.25, 0.3) is 5.69 Å². The molecule has 2 aliphatic rings. The molecule has 3 heterocycles. The van der Waals surface area contributed by atoms with Crippen molar-refractivity contribution in [3.63, 3.8) is 0 Å². The van der Waals surface area contributed by atoms with Crippen molar-refractivity contribution in [3.8, 4) is 5.69 Å². The fourth-order valence-corrected chi connectivity index (χ4v) is 3.38. The number of benzene rings is 1. The molecule has 5 nitrogen and oxygen atoms in total. The standard InChI is InChI=1S/C17H19N3O2/c21-17(19-15-11-14-6-7-16(15)22-14)18-12-4-3-5-13(10-12)20-8-1-2-9-20/h1-5,8-10,14-16H,6-7,11H2,(H2,18,19,21)/t14-,15+,16-/m1/s1. The van der Waals surface area contributed by atoms with Crippen LogP contribution in [0.15, 0.2) is 48.8 Å². The third-order valence-electron chi connectivity index (χ3n) is 4.43. The lowest BCUT2D eigenvalue weighted by Gasteiger charge is -2.20. The first-order valence-electron chi connectivity index (χ1n) is 7.74. The molecule has 1 aromatic heterocycles. The van der Waals surface area contributed by atoms with Crippen LogP contribution < -0.4 is 10.6 Å². The molecule has 0 aliphatic carbocycles. The lowest BCUT2D eigenvalue weighted by molar-refractivity contribution is 0.0984. The molecule has 2 amide bonds. The summed E-state index contributed by atoms with van der Waals surface area (Å²) in [5.41, 5.74) is 1.80. The van der Waals surface area contributed by atoms with E-state index in [9.17, 15) is 4.79 Å². The highest BCUT2D eigenvalue weighted by molar-refractivity contribution is 5.89. The van der Waals surface area contributed by atoms with Gasteiger partial charge in [-0.15, -0.1) is 0 Å². The highest BCUT2D eigenvalue weighted by atomic mass is 16.5. The van der Waals surface area contributed by atoms with Crippen molar-refractivity contribution in [2.45, 2.75) is 37.5 Å². The van der Waals surface area contributed by atoms with Gasteiger partial charge < -0.3 is 19.9 Å². The molecule has 0 unspecified atom stereocenters. The number of ether oxygens (including phenoxy) is 1. The zero-order valence-electron chi connectivity index (χ0n) is 12.2. The first-order valence-corrected chi connectivity index (χ1v) is 7.74. The maximum absolute atomic E-state index is 12.2. The molecule has 114 valence electrons. The van der Waals surface area contributed by atoms with Crippen molar-refractivity contribution < 1.29 is 9.53 Å². The third kappa shape index (κ3) is 2.60. The van der Waals surface area contributed by atoms with Crippen molar-refractivity contribution in [1.82, 2.24) is 9.88 Å². The fourth-order valence-electron chi connectivity index (χ4n) is 3.38. The predicted octanol–water partition coefficient (Wildman–Crippen LogP) is 2.92. The summed E-state index contributed by atoms with van der Waals surface area (Å²) in [4.78, 5) is 12.2. The molecule has 22 heavy (non-hydrogen) atoms. The van der Waals surface area contributed by atoms with Gasteiger partial charge in [0.05, 0.1) is 18.2 Å². The Morgan fingerprint density at radius 1 is 1.18 bits per heavy atom. The summed E-state index contributed by atoms with van der Waals surface area (Å²) < 4.78 is 7.76. The molecule has 2 N–H and O–H groups in total. The number of carbonyl (C=O) groups is 1. The van der Waals surface area contributed by atoms with Gasteiger partial charge in [-0.25, -0.2) is 4.79 Å². The number of hydrogen-bond acceptors (Lipinski definition) is 2. The molecule has 2 fully saturated rings. The molecule has 2 saturated heterocycles. The quantitative estimate of drug-likeness (QED) is 0.915. The van der Waals surface area contributed by atoms with E-state index >= 15 is 0 Å². The number of anilines is 1. The predicted molar refractivity (Wildman–Crippen MR) is 84.2 cm³/mol. The zero-order valence-corrected chi connectivity index (χ0v) is 12.2. The Labute approximate surface area is 129 Å². The summed E-state index contributed by atoms with van der Waals surface area (Å²) >= 11 is 0. The van der Waals surface area contributed by atoms with Gasteiger partial charge in [0, 0.05) is 23.8 Å². The second-order valence-corrected chi connectivity index (χ2v) is 5.96. The van der Waals surface area contributed by atoms with E-state index < -0.39 is 0 Å². The summed E-state index contributed by atoms with van der Waals surface area (Å²) in [6.45, 7) is 0. The van der Waals surface area contributed by atoms with Gasteiger partial charge in [-0.2, -0.15) is 0 Å². The van der Waals surface area contributed by atoms with Crippen LogP contribution in [0.2, 0.25) is 0 Å². The molecule has 2 aromatic rings. The van der Waals surface area contributed by atoms with Gasteiger partial charge in [0.2, 0.25) is 0 Å². The van der Waals surface area contributed by atoms with E-state index in [1.165, 1.54) is 0 Å². The van der Waals surface area contributed by atoms with E-state index in [-0.39, 0.29) is 18.2 Å². The molecule has 3 atom stereocenters. The van der Waals surface area contributed by atoms with Gasteiger partial charge in [-0.1, -0.05) is 6.07 Å². The summed E-state index contributed by atoms with van der Waals surface area (Å²) in [5, 5.41) is 5.94. The Bertz CT molecular complexity index is 668. The van der Waals surface area contributed by atoms with Crippen molar-refractivity contribution in [1.29, 1.82) is 0 Å². The SMILES string of the molecule is O=C(Nc1cccc(-n2cccc2)c1)N[C@H]1C[C@H]2CC[C@H]1O2. The van der Waals surface area contributed by atoms with E-state index in [2.05, 4.69) is 10.6 Å². The Balaban J connectivity index is 1.40. The average molecular weight is 297 g/mol. The number of amides is 2. The minimum atomic E-state index is -0.161. The zero-order chi connectivity index (χ0) is 14.9. The summed E-state index contributed by atoms with van der Waals surface area (Å²) in [6, 6.07) is 11.7. The highest BCUT2D eigenvalue weighted by Crippen LogP contribution is 2.34. The lowest BCUT2D eigenvalue weighted by Crippen LogP contribution is -2.43. The van der Waals surface area contributed by atoms with Crippen molar-refractivity contribution in [2.75, 3.05) is 5.32 Å². The summed E-state index contributed by atoms with van der Waals surface area (Å²) in [5.74, 6) is 0.